The van der Waals surface area contributed by atoms with Crippen molar-refractivity contribution in [2.45, 2.75) is 17.9 Å². The number of benzene rings is 1. The lowest BCUT2D eigenvalue weighted by Gasteiger charge is -2.15. The van der Waals surface area contributed by atoms with E-state index in [1.54, 1.807) is 19.1 Å². The molecule has 0 saturated carbocycles. The van der Waals surface area contributed by atoms with Crippen molar-refractivity contribution in [3.8, 4) is 0 Å². The van der Waals surface area contributed by atoms with Crippen LogP contribution in [-0.4, -0.2) is 24.5 Å². The smallest absolute Gasteiger partial charge is 0.253 e. The number of rotatable bonds is 4. The molecule has 2 aromatic rings. The minimum absolute atomic E-state index is 0.00618. The zero-order valence-electron chi connectivity index (χ0n) is 11.2. The molecule has 7 nitrogen and oxygen atoms in total. The third kappa shape index (κ3) is 3.83. The van der Waals surface area contributed by atoms with Crippen LogP contribution in [-0.2, 0) is 10.0 Å². The van der Waals surface area contributed by atoms with Crippen LogP contribution in [0, 0.1) is 0 Å². The molecule has 2 rings (SSSR count). The minimum Gasteiger partial charge on any atom is -0.345 e. The number of nitrogens with zero attached hydrogens (tertiary/aromatic N) is 2. The summed E-state index contributed by atoms with van der Waals surface area (Å²) >= 11 is 0. The highest BCUT2D eigenvalue weighted by Crippen LogP contribution is 2.17. The third-order valence-corrected chi connectivity index (χ3v) is 3.79. The molecule has 1 heterocycles. The maximum absolute atomic E-state index is 12.0. The van der Waals surface area contributed by atoms with Crippen LogP contribution in [0.3, 0.4) is 0 Å². The summed E-state index contributed by atoms with van der Waals surface area (Å²) in [5, 5.41) is 15.1. The van der Waals surface area contributed by atoms with E-state index in [1.807, 2.05) is 0 Å². The van der Waals surface area contributed by atoms with Gasteiger partial charge >= 0.3 is 0 Å². The van der Waals surface area contributed by atoms with Gasteiger partial charge in [-0.25, -0.2) is 13.6 Å². The standard InChI is InChI=1S/C13H14N4O3S/c1-9(17-13(18)11-5-6-15-16-8-11)10-3-2-4-12(7-10)21(14,19)20/h2-9H,1H3,(H,17,18)(H2,14,19,20). The van der Waals surface area contributed by atoms with E-state index in [4.69, 9.17) is 5.14 Å². The maximum atomic E-state index is 12.0. The van der Waals surface area contributed by atoms with E-state index in [-0.39, 0.29) is 16.8 Å². The van der Waals surface area contributed by atoms with Gasteiger partial charge in [0.15, 0.2) is 0 Å². The predicted molar refractivity (Wildman–Crippen MR) is 75.7 cm³/mol. The SMILES string of the molecule is CC(NC(=O)c1ccnnc1)c1cccc(S(N)(=O)=O)c1. The lowest BCUT2D eigenvalue weighted by atomic mass is 10.1. The van der Waals surface area contributed by atoms with Crippen molar-refractivity contribution in [1.29, 1.82) is 0 Å². The maximum Gasteiger partial charge on any atom is 0.253 e. The van der Waals surface area contributed by atoms with Gasteiger partial charge < -0.3 is 5.32 Å². The molecule has 0 aliphatic carbocycles. The molecule has 0 bridgehead atoms. The number of amides is 1. The number of carbonyl (C=O) groups is 1. The Morgan fingerprint density at radius 1 is 1.29 bits per heavy atom. The topological polar surface area (TPSA) is 115 Å². The zero-order chi connectivity index (χ0) is 15.5. The van der Waals surface area contributed by atoms with Gasteiger partial charge in [-0.15, -0.1) is 0 Å². The molecule has 3 N–H and O–H groups in total. The molecule has 0 aliphatic heterocycles. The average Bonchev–Trinajstić information content (AvgIpc) is 2.47. The van der Waals surface area contributed by atoms with E-state index in [0.29, 0.717) is 11.1 Å². The Morgan fingerprint density at radius 2 is 2.05 bits per heavy atom. The molecule has 0 fully saturated rings. The summed E-state index contributed by atoms with van der Waals surface area (Å²) in [6, 6.07) is 7.28. The Kier molecular flexibility index (Phi) is 4.29. The Bertz CT molecular complexity index is 747. The van der Waals surface area contributed by atoms with Gasteiger partial charge in [0.05, 0.1) is 28.9 Å². The van der Waals surface area contributed by atoms with E-state index in [1.165, 1.54) is 30.6 Å². The van der Waals surface area contributed by atoms with Gasteiger partial charge in [0.25, 0.3) is 5.91 Å². The summed E-state index contributed by atoms with van der Waals surface area (Å²) in [6.07, 6.45) is 2.77. The number of carbonyl (C=O) groups excluding carboxylic acids is 1. The van der Waals surface area contributed by atoms with Crippen molar-refractivity contribution in [2.75, 3.05) is 0 Å². The number of hydrogen-bond donors (Lipinski definition) is 2. The highest BCUT2D eigenvalue weighted by Gasteiger charge is 2.14. The fraction of sp³-hybridized carbons (Fsp3) is 0.154. The van der Waals surface area contributed by atoms with Gasteiger partial charge in [0.1, 0.15) is 0 Å². The van der Waals surface area contributed by atoms with Crippen LogP contribution in [0.25, 0.3) is 0 Å². The molecule has 0 spiro atoms. The predicted octanol–water partition coefficient (Wildman–Crippen LogP) is 0.615. The van der Waals surface area contributed by atoms with Crippen molar-refractivity contribution in [3.63, 3.8) is 0 Å². The molecule has 0 saturated heterocycles. The van der Waals surface area contributed by atoms with Crippen LogP contribution >= 0.6 is 0 Å². The number of nitrogens with two attached hydrogens (primary N) is 1. The van der Waals surface area contributed by atoms with Gasteiger partial charge in [-0.05, 0) is 30.7 Å². The average molecular weight is 306 g/mol. The lowest BCUT2D eigenvalue weighted by molar-refractivity contribution is 0.0939. The summed E-state index contributed by atoms with van der Waals surface area (Å²) in [5.41, 5.74) is 1.01. The van der Waals surface area contributed by atoms with E-state index < -0.39 is 10.0 Å². The van der Waals surface area contributed by atoms with Crippen LogP contribution in [0.15, 0.2) is 47.6 Å². The van der Waals surface area contributed by atoms with Crippen LogP contribution in [0.1, 0.15) is 28.9 Å². The first kappa shape index (κ1) is 15.1. The fourth-order valence-corrected chi connectivity index (χ4v) is 2.32. The molecule has 0 aliphatic rings. The van der Waals surface area contributed by atoms with Crippen molar-refractivity contribution < 1.29 is 13.2 Å². The van der Waals surface area contributed by atoms with Crippen molar-refractivity contribution in [1.82, 2.24) is 15.5 Å². The van der Waals surface area contributed by atoms with E-state index in [2.05, 4.69) is 15.5 Å². The summed E-state index contributed by atoms with van der Waals surface area (Å²) in [7, 11) is -3.77. The Hall–Kier alpha value is -2.32. The van der Waals surface area contributed by atoms with Gasteiger partial charge in [-0.2, -0.15) is 10.2 Å². The highest BCUT2D eigenvalue weighted by atomic mass is 32.2. The fourth-order valence-electron chi connectivity index (χ4n) is 1.75. The molecule has 1 aromatic carbocycles. The summed E-state index contributed by atoms with van der Waals surface area (Å²) in [4.78, 5) is 12.0. The molecule has 1 atom stereocenters. The van der Waals surface area contributed by atoms with Crippen LogP contribution in [0.2, 0.25) is 0 Å². The molecule has 110 valence electrons. The zero-order valence-corrected chi connectivity index (χ0v) is 12.0. The number of hydrogen-bond acceptors (Lipinski definition) is 5. The molecule has 1 amide bonds. The first-order valence-corrected chi connectivity index (χ1v) is 7.63. The Labute approximate surface area is 122 Å². The molecule has 1 aromatic heterocycles. The van der Waals surface area contributed by atoms with Crippen molar-refractivity contribution >= 4 is 15.9 Å². The van der Waals surface area contributed by atoms with Gasteiger partial charge in [0, 0.05) is 0 Å². The van der Waals surface area contributed by atoms with Gasteiger partial charge in [-0.1, -0.05) is 12.1 Å². The number of primary sulfonamides is 1. The lowest BCUT2D eigenvalue weighted by Crippen LogP contribution is -2.27. The van der Waals surface area contributed by atoms with Gasteiger partial charge in [0.2, 0.25) is 10.0 Å². The second-order valence-electron chi connectivity index (χ2n) is 4.44. The third-order valence-electron chi connectivity index (χ3n) is 2.88. The molecular weight excluding hydrogens is 292 g/mol. The van der Waals surface area contributed by atoms with E-state index >= 15 is 0 Å². The highest BCUT2D eigenvalue weighted by molar-refractivity contribution is 7.89. The van der Waals surface area contributed by atoms with Gasteiger partial charge in [-0.3, -0.25) is 4.79 Å². The first-order chi connectivity index (χ1) is 9.88. The Balaban J connectivity index is 2.18. The molecule has 0 radical (unpaired) electrons. The largest absolute Gasteiger partial charge is 0.345 e. The number of sulfonamides is 1. The summed E-state index contributed by atoms with van der Waals surface area (Å²) < 4.78 is 22.7. The number of aromatic nitrogens is 2. The monoisotopic (exact) mass is 306 g/mol. The quantitative estimate of drug-likeness (QED) is 0.859. The normalized spacial score (nSPS) is 12.7. The number of nitrogens with one attached hydrogen (secondary N) is 1. The van der Waals surface area contributed by atoms with Crippen molar-refractivity contribution in [2.24, 2.45) is 5.14 Å². The van der Waals surface area contributed by atoms with Crippen LogP contribution in [0.5, 0.6) is 0 Å². The van der Waals surface area contributed by atoms with Crippen molar-refractivity contribution in [3.05, 3.63) is 53.9 Å². The van der Waals surface area contributed by atoms with E-state index in [0.717, 1.165) is 0 Å². The van der Waals surface area contributed by atoms with Crippen LogP contribution < -0.4 is 10.5 Å². The van der Waals surface area contributed by atoms with Crippen LogP contribution in [0.4, 0.5) is 0 Å². The first-order valence-electron chi connectivity index (χ1n) is 6.08. The second-order valence-corrected chi connectivity index (χ2v) is 6.01. The molecule has 8 heteroatoms. The molecule has 1 unspecified atom stereocenters. The Morgan fingerprint density at radius 3 is 2.67 bits per heavy atom. The molecular formula is C13H14N4O3S. The molecule has 21 heavy (non-hydrogen) atoms. The second kappa shape index (κ2) is 5.98. The minimum atomic E-state index is -3.77. The summed E-state index contributed by atoms with van der Waals surface area (Å²) in [6.45, 7) is 1.74. The van der Waals surface area contributed by atoms with E-state index in [9.17, 15) is 13.2 Å². The summed E-state index contributed by atoms with van der Waals surface area (Å²) in [5.74, 6) is -0.321.